The molecule has 3 rings (SSSR count). The fourth-order valence-corrected chi connectivity index (χ4v) is 2.91. The average molecular weight is 279 g/mol. The van der Waals surface area contributed by atoms with Gasteiger partial charge in [0.2, 0.25) is 0 Å². The highest BCUT2D eigenvalue weighted by molar-refractivity contribution is 7.09. The van der Waals surface area contributed by atoms with Gasteiger partial charge in [0.25, 0.3) is 0 Å². The summed E-state index contributed by atoms with van der Waals surface area (Å²) < 4.78 is 0. The Labute approximate surface area is 116 Å². The zero-order chi connectivity index (χ0) is 12.4. The molecular formula is C14H15ClN2S. The van der Waals surface area contributed by atoms with E-state index in [1.165, 1.54) is 17.7 Å². The second kappa shape index (κ2) is 5.29. The Bertz CT molecular complexity index is 508. The molecular weight excluding hydrogens is 264 g/mol. The number of thiophene rings is 1. The summed E-state index contributed by atoms with van der Waals surface area (Å²) in [5.41, 5.74) is 0.950. The molecule has 94 valence electrons. The monoisotopic (exact) mass is 278 g/mol. The van der Waals surface area contributed by atoms with Crippen molar-refractivity contribution in [1.82, 2.24) is 4.98 Å². The van der Waals surface area contributed by atoms with Crippen molar-refractivity contribution in [2.75, 3.05) is 4.90 Å². The molecule has 1 aliphatic rings. The van der Waals surface area contributed by atoms with Crippen LogP contribution in [-0.4, -0.2) is 11.0 Å². The molecule has 2 nitrogen and oxygen atoms in total. The standard InChI is InChI=1S/C14H15ClN2S/c15-9-11-3-1-5-14(16-11)17(12-6-7-12)10-13-4-2-8-18-13/h1-5,8,12H,6-7,9-10H2. The van der Waals surface area contributed by atoms with Gasteiger partial charge in [-0.15, -0.1) is 22.9 Å². The van der Waals surface area contributed by atoms with Crippen LogP contribution in [0.5, 0.6) is 0 Å². The number of alkyl halides is 1. The summed E-state index contributed by atoms with van der Waals surface area (Å²) in [6.07, 6.45) is 2.55. The predicted molar refractivity (Wildman–Crippen MR) is 77.3 cm³/mol. The second-order valence-corrected chi connectivity index (χ2v) is 5.86. The first-order chi connectivity index (χ1) is 8.86. The maximum atomic E-state index is 5.86. The molecule has 18 heavy (non-hydrogen) atoms. The Morgan fingerprint density at radius 1 is 1.28 bits per heavy atom. The zero-order valence-electron chi connectivity index (χ0n) is 10.1. The van der Waals surface area contributed by atoms with Crippen molar-refractivity contribution in [2.45, 2.75) is 31.3 Å². The van der Waals surface area contributed by atoms with E-state index >= 15 is 0 Å². The molecule has 0 amide bonds. The molecule has 2 aromatic rings. The molecule has 2 heterocycles. The lowest BCUT2D eigenvalue weighted by Gasteiger charge is -2.23. The fourth-order valence-electron chi connectivity index (χ4n) is 2.06. The molecule has 0 unspecified atom stereocenters. The zero-order valence-corrected chi connectivity index (χ0v) is 11.6. The van der Waals surface area contributed by atoms with E-state index in [-0.39, 0.29) is 0 Å². The lowest BCUT2D eigenvalue weighted by Crippen LogP contribution is -2.25. The minimum atomic E-state index is 0.478. The lowest BCUT2D eigenvalue weighted by molar-refractivity contribution is 0.783. The molecule has 1 saturated carbocycles. The van der Waals surface area contributed by atoms with Crippen LogP contribution in [0.4, 0.5) is 5.82 Å². The van der Waals surface area contributed by atoms with Crippen LogP contribution in [-0.2, 0) is 12.4 Å². The van der Waals surface area contributed by atoms with Crippen LogP contribution < -0.4 is 4.90 Å². The number of rotatable bonds is 5. The van der Waals surface area contributed by atoms with Gasteiger partial charge in [-0.3, -0.25) is 0 Å². The number of pyridine rings is 1. The van der Waals surface area contributed by atoms with E-state index in [9.17, 15) is 0 Å². The highest BCUT2D eigenvalue weighted by Gasteiger charge is 2.30. The topological polar surface area (TPSA) is 16.1 Å². The Kier molecular flexibility index (Phi) is 3.52. The molecule has 0 bridgehead atoms. The van der Waals surface area contributed by atoms with Crippen molar-refractivity contribution in [3.05, 3.63) is 46.3 Å². The molecule has 1 fully saturated rings. The summed E-state index contributed by atoms with van der Waals surface area (Å²) in [4.78, 5) is 8.43. The Morgan fingerprint density at radius 2 is 2.17 bits per heavy atom. The Morgan fingerprint density at radius 3 is 2.83 bits per heavy atom. The van der Waals surface area contributed by atoms with E-state index in [0.717, 1.165) is 18.1 Å². The Balaban J connectivity index is 1.84. The van der Waals surface area contributed by atoms with Crippen LogP contribution in [0.1, 0.15) is 23.4 Å². The third-order valence-electron chi connectivity index (χ3n) is 3.12. The molecule has 0 N–H and O–H groups in total. The van der Waals surface area contributed by atoms with Gasteiger partial charge in [0.05, 0.1) is 18.1 Å². The smallest absolute Gasteiger partial charge is 0.129 e. The number of aromatic nitrogens is 1. The van der Waals surface area contributed by atoms with Gasteiger partial charge in [-0.1, -0.05) is 12.1 Å². The summed E-state index contributed by atoms with van der Waals surface area (Å²) in [5, 5.41) is 2.13. The molecule has 0 spiro atoms. The van der Waals surface area contributed by atoms with Gasteiger partial charge in [-0.25, -0.2) is 4.98 Å². The van der Waals surface area contributed by atoms with Crippen LogP contribution in [0.2, 0.25) is 0 Å². The number of hydrogen-bond donors (Lipinski definition) is 0. The summed E-state index contributed by atoms with van der Waals surface area (Å²) in [7, 11) is 0. The minimum Gasteiger partial charge on any atom is -0.348 e. The van der Waals surface area contributed by atoms with Gasteiger partial charge in [0.15, 0.2) is 0 Å². The molecule has 2 aromatic heterocycles. The summed E-state index contributed by atoms with van der Waals surface area (Å²) in [6, 6.07) is 11.1. The van der Waals surface area contributed by atoms with Crippen molar-refractivity contribution >= 4 is 28.8 Å². The molecule has 0 aliphatic heterocycles. The summed E-state index contributed by atoms with van der Waals surface area (Å²) >= 11 is 7.67. The van der Waals surface area contributed by atoms with Gasteiger partial charge in [-0.2, -0.15) is 0 Å². The first-order valence-electron chi connectivity index (χ1n) is 6.18. The third-order valence-corrected chi connectivity index (χ3v) is 4.25. The summed E-state index contributed by atoms with van der Waals surface area (Å²) in [6.45, 7) is 0.959. The molecule has 0 saturated heterocycles. The fraction of sp³-hybridized carbons (Fsp3) is 0.357. The quantitative estimate of drug-likeness (QED) is 0.767. The molecule has 0 atom stereocenters. The molecule has 4 heteroatoms. The van der Waals surface area contributed by atoms with Crippen LogP contribution in [0.15, 0.2) is 35.7 Å². The normalized spacial score (nSPS) is 14.7. The summed E-state index contributed by atoms with van der Waals surface area (Å²) in [5.74, 6) is 1.54. The minimum absolute atomic E-state index is 0.478. The van der Waals surface area contributed by atoms with Gasteiger partial charge in [0, 0.05) is 10.9 Å². The van der Waals surface area contributed by atoms with Crippen molar-refractivity contribution in [3.8, 4) is 0 Å². The maximum absolute atomic E-state index is 5.86. The van der Waals surface area contributed by atoms with E-state index in [1.807, 2.05) is 12.1 Å². The Hall–Kier alpha value is -1.06. The largest absolute Gasteiger partial charge is 0.348 e. The van der Waals surface area contributed by atoms with E-state index in [4.69, 9.17) is 11.6 Å². The number of halogens is 1. The van der Waals surface area contributed by atoms with Crippen molar-refractivity contribution in [3.63, 3.8) is 0 Å². The molecule has 0 radical (unpaired) electrons. The van der Waals surface area contributed by atoms with E-state index < -0.39 is 0 Å². The van der Waals surface area contributed by atoms with Crippen molar-refractivity contribution in [1.29, 1.82) is 0 Å². The number of anilines is 1. The van der Waals surface area contributed by atoms with E-state index in [2.05, 4.69) is 33.5 Å². The highest BCUT2D eigenvalue weighted by Crippen LogP contribution is 2.32. The average Bonchev–Trinajstić information content (AvgIpc) is 3.13. The third kappa shape index (κ3) is 2.68. The van der Waals surface area contributed by atoms with Gasteiger partial charge in [-0.05, 0) is 36.4 Å². The van der Waals surface area contributed by atoms with Gasteiger partial charge in [0.1, 0.15) is 5.82 Å². The second-order valence-electron chi connectivity index (χ2n) is 4.56. The molecule has 1 aliphatic carbocycles. The SMILES string of the molecule is ClCc1cccc(N(Cc2cccs2)C2CC2)n1. The lowest BCUT2D eigenvalue weighted by atomic mass is 10.3. The number of hydrogen-bond acceptors (Lipinski definition) is 3. The first-order valence-corrected chi connectivity index (χ1v) is 7.59. The predicted octanol–water partition coefficient (Wildman–Crippen LogP) is 4.05. The van der Waals surface area contributed by atoms with E-state index in [0.29, 0.717) is 11.9 Å². The van der Waals surface area contributed by atoms with Crippen molar-refractivity contribution in [2.24, 2.45) is 0 Å². The van der Waals surface area contributed by atoms with E-state index in [1.54, 1.807) is 11.3 Å². The van der Waals surface area contributed by atoms with Crippen LogP contribution in [0.3, 0.4) is 0 Å². The molecule has 0 aromatic carbocycles. The van der Waals surface area contributed by atoms with Crippen LogP contribution in [0.25, 0.3) is 0 Å². The first kappa shape index (κ1) is 12.0. The maximum Gasteiger partial charge on any atom is 0.129 e. The van der Waals surface area contributed by atoms with Gasteiger partial charge >= 0.3 is 0 Å². The van der Waals surface area contributed by atoms with Crippen LogP contribution >= 0.6 is 22.9 Å². The number of nitrogens with zero attached hydrogens (tertiary/aromatic N) is 2. The van der Waals surface area contributed by atoms with Gasteiger partial charge < -0.3 is 4.90 Å². The van der Waals surface area contributed by atoms with Crippen molar-refractivity contribution < 1.29 is 0 Å². The van der Waals surface area contributed by atoms with Crippen LogP contribution in [0, 0.1) is 0 Å². The highest BCUT2D eigenvalue weighted by atomic mass is 35.5.